The molecule has 2 amide bonds. The van der Waals surface area contributed by atoms with E-state index in [1.165, 1.54) is 0 Å². The maximum atomic E-state index is 12.9. The van der Waals surface area contributed by atoms with Crippen LogP contribution in [0.1, 0.15) is 53.3 Å². The molecule has 1 heterocycles. The lowest BCUT2D eigenvalue weighted by atomic mass is 10.1. The van der Waals surface area contributed by atoms with Crippen molar-refractivity contribution < 1.29 is 14.3 Å². The van der Waals surface area contributed by atoms with Crippen LogP contribution in [0.3, 0.4) is 0 Å². The number of para-hydroxylation sites is 2. The first-order valence-corrected chi connectivity index (χ1v) is 9.62. The highest BCUT2D eigenvalue weighted by atomic mass is 16.5. The molecule has 0 spiro atoms. The van der Waals surface area contributed by atoms with E-state index in [1.807, 2.05) is 30.0 Å². The number of amides is 2. The summed E-state index contributed by atoms with van der Waals surface area (Å²) in [5.41, 5.74) is 1.52. The fourth-order valence-corrected chi connectivity index (χ4v) is 3.23. The van der Waals surface area contributed by atoms with Crippen LogP contribution in [0, 0.1) is 0 Å². The van der Waals surface area contributed by atoms with Crippen molar-refractivity contribution in [3.63, 3.8) is 0 Å². The maximum Gasteiger partial charge on any atom is 0.259 e. The zero-order valence-electron chi connectivity index (χ0n) is 15.7. The topological polar surface area (TPSA) is 58.6 Å². The zero-order valence-corrected chi connectivity index (χ0v) is 15.7. The van der Waals surface area contributed by atoms with Crippen molar-refractivity contribution in [3.05, 3.63) is 59.7 Å². The van der Waals surface area contributed by atoms with E-state index in [9.17, 15) is 9.59 Å². The highest BCUT2D eigenvalue weighted by molar-refractivity contribution is 6.10. The third-order valence-corrected chi connectivity index (χ3v) is 4.64. The van der Waals surface area contributed by atoms with Crippen molar-refractivity contribution in [2.45, 2.75) is 32.6 Å². The molecule has 0 radical (unpaired) electrons. The molecule has 1 fully saturated rings. The SMILES string of the molecule is CCCOc1ccccc1C(=O)Nc1ccccc1C(=O)N1CCCCC1. The molecule has 0 aliphatic carbocycles. The minimum atomic E-state index is -0.277. The molecule has 5 heteroatoms. The third-order valence-electron chi connectivity index (χ3n) is 4.64. The molecule has 1 N–H and O–H groups in total. The normalized spacial score (nSPS) is 13.9. The average molecular weight is 366 g/mol. The van der Waals surface area contributed by atoms with Crippen molar-refractivity contribution in [2.24, 2.45) is 0 Å². The predicted molar refractivity (Wildman–Crippen MR) is 106 cm³/mol. The van der Waals surface area contributed by atoms with Gasteiger partial charge in [0.15, 0.2) is 0 Å². The summed E-state index contributed by atoms with van der Waals surface area (Å²) >= 11 is 0. The fourth-order valence-electron chi connectivity index (χ4n) is 3.23. The Morgan fingerprint density at radius 3 is 2.37 bits per heavy atom. The van der Waals surface area contributed by atoms with Gasteiger partial charge in [0.25, 0.3) is 11.8 Å². The van der Waals surface area contributed by atoms with Gasteiger partial charge in [0.1, 0.15) is 5.75 Å². The Labute approximate surface area is 160 Å². The van der Waals surface area contributed by atoms with Gasteiger partial charge in [0.05, 0.1) is 23.4 Å². The molecule has 0 aromatic heterocycles. The number of hydrogen-bond acceptors (Lipinski definition) is 3. The highest BCUT2D eigenvalue weighted by Crippen LogP contribution is 2.23. The van der Waals surface area contributed by atoms with E-state index in [0.717, 1.165) is 38.8 Å². The van der Waals surface area contributed by atoms with Crippen LogP contribution < -0.4 is 10.1 Å². The lowest BCUT2D eigenvalue weighted by Gasteiger charge is -2.27. The number of nitrogens with one attached hydrogen (secondary N) is 1. The van der Waals surface area contributed by atoms with Gasteiger partial charge in [-0.15, -0.1) is 0 Å². The molecule has 27 heavy (non-hydrogen) atoms. The van der Waals surface area contributed by atoms with Crippen LogP contribution in [0.15, 0.2) is 48.5 Å². The van der Waals surface area contributed by atoms with Gasteiger partial charge in [-0.2, -0.15) is 0 Å². The van der Waals surface area contributed by atoms with Crippen LogP contribution in [0.2, 0.25) is 0 Å². The lowest BCUT2D eigenvalue weighted by Crippen LogP contribution is -2.36. The Balaban J connectivity index is 1.80. The highest BCUT2D eigenvalue weighted by Gasteiger charge is 2.22. The first-order chi connectivity index (χ1) is 13.2. The molecule has 1 saturated heterocycles. The second-order valence-corrected chi connectivity index (χ2v) is 6.70. The summed E-state index contributed by atoms with van der Waals surface area (Å²) in [6.45, 7) is 4.11. The number of likely N-dealkylation sites (tertiary alicyclic amines) is 1. The average Bonchev–Trinajstić information content (AvgIpc) is 2.73. The Morgan fingerprint density at radius 1 is 0.963 bits per heavy atom. The van der Waals surface area contributed by atoms with Crippen molar-refractivity contribution in [3.8, 4) is 5.75 Å². The van der Waals surface area contributed by atoms with Gasteiger partial charge in [-0.05, 0) is 49.9 Å². The molecule has 2 aromatic carbocycles. The summed E-state index contributed by atoms with van der Waals surface area (Å²) < 4.78 is 5.68. The van der Waals surface area contributed by atoms with Gasteiger partial charge < -0.3 is 15.0 Å². The Bertz CT molecular complexity index is 798. The quantitative estimate of drug-likeness (QED) is 0.827. The summed E-state index contributed by atoms with van der Waals surface area (Å²) in [5, 5.41) is 2.90. The molecule has 0 unspecified atom stereocenters. The second-order valence-electron chi connectivity index (χ2n) is 6.70. The Kier molecular flexibility index (Phi) is 6.47. The molecular weight excluding hydrogens is 340 g/mol. The zero-order chi connectivity index (χ0) is 19.1. The number of nitrogens with zero attached hydrogens (tertiary/aromatic N) is 1. The van der Waals surface area contributed by atoms with E-state index < -0.39 is 0 Å². The first kappa shape index (κ1) is 19.0. The van der Waals surface area contributed by atoms with E-state index in [4.69, 9.17) is 4.74 Å². The van der Waals surface area contributed by atoms with Gasteiger partial charge in [0, 0.05) is 13.1 Å². The number of hydrogen-bond donors (Lipinski definition) is 1. The van der Waals surface area contributed by atoms with Gasteiger partial charge in [-0.1, -0.05) is 31.2 Å². The Hall–Kier alpha value is -2.82. The largest absolute Gasteiger partial charge is 0.493 e. The first-order valence-electron chi connectivity index (χ1n) is 9.62. The van der Waals surface area contributed by atoms with Gasteiger partial charge in [-0.25, -0.2) is 0 Å². The number of benzene rings is 2. The van der Waals surface area contributed by atoms with Crippen molar-refractivity contribution in [1.82, 2.24) is 4.90 Å². The molecule has 2 aromatic rings. The number of rotatable bonds is 6. The molecule has 1 aliphatic heterocycles. The summed E-state index contributed by atoms with van der Waals surface area (Å²) in [5.74, 6) is 0.249. The maximum absolute atomic E-state index is 12.9. The number of carbonyl (C=O) groups excluding carboxylic acids is 2. The monoisotopic (exact) mass is 366 g/mol. The van der Waals surface area contributed by atoms with Crippen LogP contribution in [0.4, 0.5) is 5.69 Å². The van der Waals surface area contributed by atoms with E-state index >= 15 is 0 Å². The van der Waals surface area contributed by atoms with E-state index in [0.29, 0.717) is 29.2 Å². The summed E-state index contributed by atoms with van der Waals surface area (Å²) in [6, 6.07) is 14.3. The molecule has 1 aliphatic rings. The molecule has 0 atom stereocenters. The van der Waals surface area contributed by atoms with E-state index in [1.54, 1.807) is 30.3 Å². The third kappa shape index (κ3) is 4.67. The van der Waals surface area contributed by atoms with Crippen molar-refractivity contribution in [1.29, 1.82) is 0 Å². The molecule has 0 bridgehead atoms. The number of piperidine rings is 1. The van der Waals surface area contributed by atoms with E-state index in [2.05, 4.69) is 5.32 Å². The fraction of sp³-hybridized carbons (Fsp3) is 0.364. The number of anilines is 1. The lowest BCUT2D eigenvalue weighted by molar-refractivity contribution is 0.0725. The predicted octanol–water partition coefficient (Wildman–Crippen LogP) is 4.35. The standard InChI is InChI=1S/C22H26N2O3/c1-2-16-27-20-13-7-5-11-18(20)21(25)23-19-12-6-4-10-17(19)22(26)24-14-8-3-9-15-24/h4-7,10-13H,2-3,8-9,14-16H2,1H3,(H,23,25). The Morgan fingerprint density at radius 2 is 1.63 bits per heavy atom. The molecule has 5 nitrogen and oxygen atoms in total. The molecule has 3 rings (SSSR count). The van der Waals surface area contributed by atoms with Gasteiger partial charge >= 0.3 is 0 Å². The minimum Gasteiger partial charge on any atom is -0.493 e. The van der Waals surface area contributed by atoms with E-state index in [-0.39, 0.29) is 11.8 Å². The van der Waals surface area contributed by atoms with Gasteiger partial charge in [0.2, 0.25) is 0 Å². The van der Waals surface area contributed by atoms with Crippen LogP contribution in [-0.2, 0) is 0 Å². The smallest absolute Gasteiger partial charge is 0.259 e. The second kappa shape index (κ2) is 9.21. The summed E-state index contributed by atoms with van der Waals surface area (Å²) in [7, 11) is 0. The van der Waals surface area contributed by atoms with Crippen molar-refractivity contribution in [2.75, 3.05) is 25.0 Å². The summed E-state index contributed by atoms with van der Waals surface area (Å²) in [6.07, 6.45) is 4.09. The molecular formula is C22H26N2O3. The number of carbonyl (C=O) groups is 2. The van der Waals surface area contributed by atoms with Crippen LogP contribution in [0.25, 0.3) is 0 Å². The molecule has 142 valence electrons. The van der Waals surface area contributed by atoms with Crippen molar-refractivity contribution >= 4 is 17.5 Å². The van der Waals surface area contributed by atoms with Crippen LogP contribution in [-0.4, -0.2) is 36.4 Å². The summed E-state index contributed by atoms with van der Waals surface area (Å²) in [4.78, 5) is 27.6. The molecule has 0 saturated carbocycles. The van der Waals surface area contributed by atoms with Crippen LogP contribution in [0.5, 0.6) is 5.75 Å². The number of ether oxygens (including phenoxy) is 1. The minimum absolute atomic E-state index is 0.0267. The van der Waals surface area contributed by atoms with Crippen LogP contribution >= 0.6 is 0 Å². The van der Waals surface area contributed by atoms with Gasteiger partial charge in [-0.3, -0.25) is 9.59 Å².